The van der Waals surface area contributed by atoms with Gasteiger partial charge in [0.2, 0.25) is 0 Å². The highest BCUT2D eigenvalue weighted by molar-refractivity contribution is 6.33. The van der Waals surface area contributed by atoms with E-state index in [-0.39, 0.29) is 5.69 Å². The van der Waals surface area contributed by atoms with Crippen LogP contribution in [-0.4, -0.2) is 11.5 Å². The van der Waals surface area contributed by atoms with Crippen LogP contribution in [0.5, 0.6) is 0 Å². The zero-order valence-corrected chi connectivity index (χ0v) is 10.4. The largest absolute Gasteiger partial charge is 0.384 e. The van der Waals surface area contributed by atoms with E-state index in [0.717, 1.165) is 18.2 Å². The second kappa shape index (κ2) is 4.92. The van der Waals surface area contributed by atoms with E-state index in [1.165, 1.54) is 25.0 Å². The van der Waals surface area contributed by atoms with Crippen molar-refractivity contribution in [1.29, 1.82) is 0 Å². The molecule has 0 saturated heterocycles. The number of nitrogens with one attached hydrogen (secondary N) is 1. The minimum Gasteiger partial charge on any atom is -0.384 e. The molecule has 0 aromatic heterocycles. The van der Waals surface area contributed by atoms with Gasteiger partial charge in [-0.1, -0.05) is 18.5 Å². The van der Waals surface area contributed by atoms with Gasteiger partial charge in [0.05, 0.1) is 15.6 Å². The van der Waals surface area contributed by atoms with Crippen LogP contribution >= 0.6 is 11.6 Å². The molecule has 4 nitrogen and oxygen atoms in total. The second-order valence-corrected chi connectivity index (χ2v) is 5.02. The Bertz CT molecular complexity index is 433. The van der Waals surface area contributed by atoms with Crippen molar-refractivity contribution in [2.75, 3.05) is 11.9 Å². The van der Waals surface area contributed by atoms with Crippen LogP contribution in [0.1, 0.15) is 19.8 Å². The van der Waals surface area contributed by atoms with E-state index in [4.69, 9.17) is 11.6 Å². The highest BCUT2D eigenvalue weighted by Gasteiger charge is 2.27. The number of rotatable bonds is 5. The molecule has 1 saturated carbocycles. The van der Waals surface area contributed by atoms with Gasteiger partial charge in [0, 0.05) is 18.7 Å². The fourth-order valence-electron chi connectivity index (χ4n) is 1.86. The van der Waals surface area contributed by atoms with Crippen LogP contribution in [0.15, 0.2) is 18.2 Å². The number of nitro groups is 1. The molecule has 92 valence electrons. The van der Waals surface area contributed by atoms with Gasteiger partial charge >= 0.3 is 0 Å². The summed E-state index contributed by atoms with van der Waals surface area (Å²) in [5.41, 5.74) is 0.792. The molecule has 1 fully saturated rings. The topological polar surface area (TPSA) is 55.2 Å². The lowest BCUT2D eigenvalue weighted by Gasteiger charge is -2.13. The zero-order chi connectivity index (χ0) is 12.4. The van der Waals surface area contributed by atoms with Crippen LogP contribution in [0, 0.1) is 22.0 Å². The summed E-state index contributed by atoms with van der Waals surface area (Å²) in [5.74, 6) is 1.46. The highest BCUT2D eigenvalue weighted by Crippen LogP contribution is 2.37. The molecule has 0 spiro atoms. The van der Waals surface area contributed by atoms with Crippen molar-refractivity contribution >= 4 is 23.0 Å². The Hall–Kier alpha value is -1.29. The number of nitro benzene ring substituents is 1. The van der Waals surface area contributed by atoms with Gasteiger partial charge in [-0.25, -0.2) is 0 Å². The fraction of sp³-hybridized carbons (Fsp3) is 0.500. The average Bonchev–Trinajstić information content (AvgIpc) is 3.10. The maximum atomic E-state index is 10.6. The first-order valence-electron chi connectivity index (χ1n) is 5.75. The molecule has 17 heavy (non-hydrogen) atoms. The van der Waals surface area contributed by atoms with Crippen molar-refractivity contribution in [2.45, 2.75) is 19.8 Å². The molecule has 0 aliphatic heterocycles. The van der Waals surface area contributed by atoms with E-state index in [1.54, 1.807) is 6.07 Å². The van der Waals surface area contributed by atoms with E-state index < -0.39 is 4.92 Å². The number of hydrogen-bond donors (Lipinski definition) is 1. The number of halogens is 1. The molecule has 1 aromatic rings. The normalized spacial score (nSPS) is 16.6. The molecule has 2 rings (SSSR count). The van der Waals surface area contributed by atoms with Gasteiger partial charge in [0.25, 0.3) is 5.69 Å². The molecule has 0 amide bonds. The van der Waals surface area contributed by atoms with E-state index in [9.17, 15) is 10.1 Å². The monoisotopic (exact) mass is 254 g/mol. The Morgan fingerprint density at radius 3 is 2.82 bits per heavy atom. The smallest absolute Gasteiger partial charge is 0.271 e. The minimum absolute atomic E-state index is 0.0239. The first kappa shape index (κ1) is 12.2. The molecular formula is C12H15ClN2O2. The third kappa shape index (κ3) is 3.09. The Labute approximate surface area is 105 Å². The fourth-order valence-corrected chi connectivity index (χ4v) is 2.11. The van der Waals surface area contributed by atoms with Crippen molar-refractivity contribution in [3.05, 3.63) is 33.3 Å². The molecular weight excluding hydrogens is 240 g/mol. The molecule has 1 aliphatic rings. The van der Waals surface area contributed by atoms with Gasteiger partial charge in [-0.2, -0.15) is 0 Å². The third-order valence-corrected chi connectivity index (χ3v) is 3.52. The van der Waals surface area contributed by atoms with Crippen molar-refractivity contribution in [1.82, 2.24) is 0 Å². The summed E-state index contributed by atoms with van der Waals surface area (Å²) in [7, 11) is 0. The van der Waals surface area contributed by atoms with E-state index in [2.05, 4.69) is 12.2 Å². The highest BCUT2D eigenvalue weighted by atomic mass is 35.5. The second-order valence-electron chi connectivity index (χ2n) is 4.62. The molecule has 0 radical (unpaired) electrons. The molecule has 1 atom stereocenters. The number of anilines is 1. The quantitative estimate of drug-likeness (QED) is 0.644. The van der Waals surface area contributed by atoms with E-state index in [1.807, 2.05) is 0 Å². The van der Waals surface area contributed by atoms with Gasteiger partial charge in [-0.05, 0) is 30.7 Å². The summed E-state index contributed by atoms with van der Waals surface area (Å²) >= 11 is 5.99. The lowest BCUT2D eigenvalue weighted by Crippen LogP contribution is -2.13. The zero-order valence-electron chi connectivity index (χ0n) is 9.65. The standard InChI is InChI=1S/C12H15ClN2O2/c1-8(9-2-3-9)7-14-12-5-4-10(15(16)17)6-11(12)13/h4-6,8-9,14H,2-3,7H2,1H3. The lowest BCUT2D eigenvalue weighted by molar-refractivity contribution is -0.384. The van der Waals surface area contributed by atoms with Crippen LogP contribution in [0.3, 0.4) is 0 Å². The van der Waals surface area contributed by atoms with Gasteiger partial charge in [-0.15, -0.1) is 0 Å². The average molecular weight is 255 g/mol. The summed E-state index contributed by atoms with van der Waals surface area (Å²) < 4.78 is 0. The Morgan fingerprint density at radius 2 is 2.29 bits per heavy atom. The maximum Gasteiger partial charge on any atom is 0.271 e. The van der Waals surface area contributed by atoms with Crippen molar-refractivity contribution in [3.63, 3.8) is 0 Å². The van der Waals surface area contributed by atoms with Crippen LogP contribution in [0.2, 0.25) is 5.02 Å². The molecule has 0 heterocycles. The predicted molar refractivity (Wildman–Crippen MR) is 68.5 cm³/mol. The van der Waals surface area contributed by atoms with Gasteiger partial charge < -0.3 is 5.32 Å². The molecule has 0 bridgehead atoms. The van der Waals surface area contributed by atoms with Gasteiger partial charge in [0.1, 0.15) is 0 Å². The number of hydrogen-bond acceptors (Lipinski definition) is 3. The van der Waals surface area contributed by atoms with Crippen molar-refractivity contribution in [2.24, 2.45) is 11.8 Å². The molecule has 5 heteroatoms. The number of nitrogens with zero attached hydrogens (tertiary/aromatic N) is 1. The summed E-state index contributed by atoms with van der Waals surface area (Å²) in [4.78, 5) is 10.1. The first-order chi connectivity index (χ1) is 8.08. The predicted octanol–water partition coefficient (Wildman–Crippen LogP) is 3.71. The Balaban J connectivity index is 1.98. The summed E-state index contributed by atoms with van der Waals surface area (Å²) in [6.45, 7) is 3.08. The first-order valence-corrected chi connectivity index (χ1v) is 6.13. The number of benzene rings is 1. The molecule has 1 aliphatic carbocycles. The van der Waals surface area contributed by atoms with Crippen molar-refractivity contribution in [3.8, 4) is 0 Å². The minimum atomic E-state index is -0.442. The summed E-state index contributed by atoms with van der Waals surface area (Å²) in [6.07, 6.45) is 2.63. The van der Waals surface area contributed by atoms with Crippen LogP contribution < -0.4 is 5.32 Å². The SMILES string of the molecule is CC(CNc1ccc([N+](=O)[O-])cc1Cl)C1CC1. The van der Waals surface area contributed by atoms with Crippen LogP contribution in [-0.2, 0) is 0 Å². The third-order valence-electron chi connectivity index (χ3n) is 3.20. The van der Waals surface area contributed by atoms with Crippen molar-refractivity contribution < 1.29 is 4.92 Å². The van der Waals surface area contributed by atoms with Crippen LogP contribution in [0.25, 0.3) is 0 Å². The maximum absolute atomic E-state index is 10.6. The van der Waals surface area contributed by atoms with Gasteiger partial charge in [-0.3, -0.25) is 10.1 Å². The molecule has 1 N–H and O–H groups in total. The van der Waals surface area contributed by atoms with Crippen LogP contribution in [0.4, 0.5) is 11.4 Å². The summed E-state index contributed by atoms with van der Waals surface area (Å²) in [5, 5.41) is 14.2. The van der Waals surface area contributed by atoms with E-state index >= 15 is 0 Å². The van der Waals surface area contributed by atoms with E-state index in [0.29, 0.717) is 10.9 Å². The molecule has 1 unspecified atom stereocenters. The lowest BCUT2D eigenvalue weighted by atomic mass is 10.1. The number of non-ortho nitro benzene ring substituents is 1. The Morgan fingerprint density at radius 1 is 1.59 bits per heavy atom. The molecule has 1 aromatic carbocycles. The Kier molecular flexibility index (Phi) is 3.52. The summed E-state index contributed by atoms with van der Waals surface area (Å²) in [6, 6.07) is 4.52. The van der Waals surface area contributed by atoms with Gasteiger partial charge in [0.15, 0.2) is 0 Å².